The molecule has 0 spiro atoms. The first-order chi connectivity index (χ1) is 6.20. The number of aromatic nitrogens is 4. The molecule has 0 aliphatic rings. The lowest BCUT2D eigenvalue weighted by atomic mass is 10.3. The summed E-state index contributed by atoms with van der Waals surface area (Å²) in [5.74, 6) is -0.0442. The number of rotatable bonds is 5. The SMILES string of the molecule is Cl.Cn1nnnc1SCCCC(=O)O. The summed E-state index contributed by atoms with van der Waals surface area (Å²) in [6.45, 7) is 0. The molecule has 0 unspecified atom stereocenters. The fourth-order valence-corrected chi connectivity index (χ4v) is 1.52. The van der Waals surface area contributed by atoms with Gasteiger partial charge in [-0.3, -0.25) is 4.79 Å². The average Bonchev–Trinajstić information content (AvgIpc) is 2.45. The van der Waals surface area contributed by atoms with E-state index in [9.17, 15) is 4.79 Å². The van der Waals surface area contributed by atoms with Crippen LogP contribution in [0.4, 0.5) is 0 Å². The molecule has 0 saturated heterocycles. The minimum Gasteiger partial charge on any atom is -0.481 e. The van der Waals surface area contributed by atoms with Gasteiger partial charge in [0.05, 0.1) is 0 Å². The first-order valence-electron chi connectivity index (χ1n) is 3.77. The minimum atomic E-state index is -0.767. The van der Waals surface area contributed by atoms with Crippen molar-refractivity contribution in [3.05, 3.63) is 0 Å². The summed E-state index contributed by atoms with van der Waals surface area (Å²) >= 11 is 1.46. The van der Waals surface area contributed by atoms with E-state index in [4.69, 9.17) is 5.11 Å². The van der Waals surface area contributed by atoms with E-state index in [0.29, 0.717) is 11.6 Å². The Bertz CT molecular complexity index is 293. The molecule has 1 rings (SSSR count). The Balaban J connectivity index is 0.00000169. The van der Waals surface area contributed by atoms with E-state index in [1.165, 1.54) is 11.8 Å². The summed E-state index contributed by atoms with van der Waals surface area (Å²) in [6.07, 6.45) is 0.825. The van der Waals surface area contributed by atoms with Gasteiger partial charge in [0.15, 0.2) is 0 Å². The number of carboxylic acids is 1. The zero-order chi connectivity index (χ0) is 9.68. The van der Waals surface area contributed by atoms with Gasteiger partial charge >= 0.3 is 5.97 Å². The van der Waals surface area contributed by atoms with Crippen molar-refractivity contribution < 1.29 is 9.90 Å². The second kappa shape index (κ2) is 6.61. The highest BCUT2D eigenvalue weighted by atomic mass is 35.5. The molecule has 14 heavy (non-hydrogen) atoms. The molecule has 1 aromatic heterocycles. The molecular formula is C6H11ClN4O2S. The third-order valence-electron chi connectivity index (χ3n) is 1.35. The van der Waals surface area contributed by atoms with Crippen LogP contribution in [0.3, 0.4) is 0 Å². The van der Waals surface area contributed by atoms with Gasteiger partial charge in [0, 0.05) is 19.2 Å². The van der Waals surface area contributed by atoms with Gasteiger partial charge in [0.1, 0.15) is 0 Å². The van der Waals surface area contributed by atoms with Crippen LogP contribution in [0.1, 0.15) is 12.8 Å². The summed E-state index contributed by atoms with van der Waals surface area (Å²) in [6, 6.07) is 0. The zero-order valence-corrected chi connectivity index (χ0v) is 9.22. The van der Waals surface area contributed by atoms with E-state index in [0.717, 1.165) is 5.75 Å². The first-order valence-corrected chi connectivity index (χ1v) is 4.75. The predicted molar refractivity (Wildman–Crippen MR) is 53.6 cm³/mol. The molecule has 0 atom stereocenters. The third kappa shape index (κ3) is 4.43. The van der Waals surface area contributed by atoms with Crippen LogP contribution in [0.5, 0.6) is 0 Å². The molecule has 0 amide bonds. The van der Waals surface area contributed by atoms with E-state index in [-0.39, 0.29) is 18.8 Å². The minimum absolute atomic E-state index is 0. The van der Waals surface area contributed by atoms with Crippen molar-refractivity contribution in [3.63, 3.8) is 0 Å². The monoisotopic (exact) mass is 238 g/mol. The maximum Gasteiger partial charge on any atom is 0.303 e. The number of aryl methyl sites for hydroxylation is 1. The average molecular weight is 239 g/mol. The highest BCUT2D eigenvalue weighted by Crippen LogP contribution is 2.13. The number of halogens is 1. The molecule has 0 aliphatic carbocycles. The number of aliphatic carboxylic acids is 1. The third-order valence-corrected chi connectivity index (χ3v) is 2.44. The van der Waals surface area contributed by atoms with Crippen LogP contribution in [0, 0.1) is 0 Å². The Morgan fingerprint density at radius 3 is 2.86 bits per heavy atom. The van der Waals surface area contributed by atoms with Crippen molar-refractivity contribution in [3.8, 4) is 0 Å². The van der Waals surface area contributed by atoms with Crippen LogP contribution in [0.15, 0.2) is 5.16 Å². The number of carbonyl (C=O) groups is 1. The van der Waals surface area contributed by atoms with Crippen molar-refractivity contribution in [2.24, 2.45) is 7.05 Å². The lowest BCUT2D eigenvalue weighted by Gasteiger charge is -1.96. The summed E-state index contributed by atoms with van der Waals surface area (Å²) in [4.78, 5) is 10.2. The molecular weight excluding hydrogens is 228 g/mol. The summed E-state index contributed by atoms with van der Waals surface area (Å²) in [7, 11) is 1.75. The van der Waals surface area contributed by atoms with E-state index in [1.807, 2.05) is 0 Å². The Labute approximate surface area is 91.5 Å². The fraction of sp³-hybridized carbons (Fsp3) is 0.667. The molecule has 1 heterocycles. The van der Waals surface area contributed by atoms with E-state index >= 15 is 0 Å². The summed E-state index contributed by atoms with van der Waals surface area (Å²) < 4.78 is 1.56. The Morgan fingerprint density at radius 1 is 1.64 bits per heavy atom. The largest absolute Gasteiger partial charge is 0.481 e. The van der Waals surface area contributed by atoms with Gasteiger partial charge in [-0.05, 0) is 16.8 Å². The van der Waals surface area contributed by atoms with Crippen molar-refractivity contribution >= 4 is 30.1 Å². The van der Waals surface area contributed by atoms with Crippen LogP contribution in [0.25, 0.3) is 0 Å². The van der Waals surface area contributed by atoms with Gasteiger partial charge in [0.2, 0.25) is 5.16 Å². The molecule has 6 nitrogen and oxygen atoms in total. The van der Waals surface area contributed by atoms with Gasteiger partial charge in [-0.2, -0.15) is 0 Å². The van der Waals surface area contributed by atoms with Crippen LogP contribution >= 0.6 is 24.2 Å². The molecule has 0 fully saturated rings. The van der Waals surface area contributed by atoms with Gasteiger partial charge in [0.25, 0.3) is 0 Å². The quantitative estimate of drug-likeness (QED) is 0.597. The van der Waals surface area contributed by atoms with Gasteiger partial charge in [-0.25, -0.2) is 4.68 Å². The fourth-order valence-electron chi connectivity index (χ4n) is 0.730. The van der Waals surface area contributed by atoms with E-state index in [2.05, 4.69) is 15.5 Å². The molecule has 8 heteroatoms. The molecule has 80 valence electrons. The zero-order valence-electron chi connectivity index (χ0n) is 7.58. The highest BCUT2D eigenvalue weighted by Gasteiger charge is 2.03. The van der Waals surface area contributed by atoms with Crippen molar-refractivity contribution in [1.29, 1.82) is 0 Å². The summed E-state index contributed by atoms with van der Waals surface area (Å²) in [5.41, 5.74) is 0. The first kappa shape index (κ1) is 13.2. The maximum absolute atomic E-state index is 10.2. The Kier molecular flexibility index (Phi) is 6.22. The highest BCUT2D eigenvalue weighted by molar-refractivity contribution is 7.99. The van der Waals surface area contributed by atoms with Gasteiger partial charge in [-0.1, -0.05) is 11.8 Å². The van der Waals surface area contributed by atoms with E-state index in [1.54, 1.807) is 11.7 Å². The predicted octanol–water partition coefficient (Wildman–Crippen LogP) is 0.589. The number of tetrazole rings is 1. The van der Waals surface area contributed by atoms with Crippen molar-refractivity contribution in [2.75, 3.05) is 5.75 Å². The second-order valence-corrected chi connectivity index (χ2v) is 3.49. The lowest BCUT2D eigenvalue weighted by molar-refractivity contribution is -0.137. The van der Waals surface area contributed by atoms with Crippen LogP contribution < -0.4 is 0 Å². The van der Waals surface area contributed by atoms with Gasteiger partial charge < -0.3 is 5.11 Å². The normalized spacial score (nSPS) is 9.50. The second-order valence-electron chi connectivity index (χ2n) is 2.43. The number of hydrogen-bond acceptors (Lipinski definition) is 5. The van der Waals surface area contributed by atoms with Crippen LogP contribution in [-0.2, 0) is 11.8 Å². The molecule has 1 aromatic rings. The molecule has 0 bridgehead atoms. The van der Waals surface area contributed by atoms with Crippen LogP contribution in [0.2, 0.25) is 0 Å². The smallest absolute Gasteiger partial charge is 0.303 e. The van der Waals surface area contributed by atoms with E-state index < -0.39 is 5.97 Å². The van der Waals surface area contributed by atoms with Crippen molar-refractivity contribution in [1.82, 2.24) is 20.2 Å². The van der Waals surface area contributed by atoms with Gasteiger partial charge in [-0.15, -0.1) is 17.5 Å². The molecule has 1 N–H and O–H groups in total. The Morgan fingerprint density at radius 2 is 2.36 bits per heavy atom. The number of thioether (sulfide) groups is 1. The Hall–Kier alpha value is -0.820. The molecule has 0 saturated carbocycles. The molecule has 0 radical (unpaired) electrons. The number of hydrogen-bond donors (Lipinski definition) is 1. The molecule has 0 aromatic carbocycles. The maximum atomic E-state index is 10.2. The van der Waals surface area contributed by atoms with Crippen LogP contribution in [-0.4, -0.2) is 37.0 Å². The number of nitrogens with zero attached hydrogens (tertiary/aromatic N) is 4. The topological polar surface area (TPSA) is 80.9 Å². The van der Waals surface area contributed by atoms with Crippen molar-refractivity contribution in [2.45, 2.75) is 18.0 Å². The standard InChI is InChI=1S/C6H10N4O2S.ClH/c1-10-6(7-8-9-10)13-4-2-3-5(11)12;/h2-4H2,1H3,(H,11,12);1H. The summed E-state index contributed by atoms with van der Waals surface area (Å²) in [5, 5.41) is 19.9. The molecule has 0 aliphatic heterocycles. The lowest BCUT2D eigenvalue weighted by Crippen LogP contribution is -1.97. The number of carboxylic acid groups (broad SMARTS) is 1.